The highest BCUT2D eigenvalue weighted by atomic mass is 32.2. The lowest BCUT2D eigenvalue weighted by Gasteiger charge is -2.04. The molecule has 1 aliphatic heterocycles. The number of aliphatic imine (C=N–C) groups is 1. The van der Waals surface area contributed by atoms with Crippen LogP contribution < -0.4 is 0 Å². The molecular weight excluding hydrogens is 362 g/mol. The van der Waals surface area contributed by atoms with Gasteiger partial charge in [0, 0.05) is 5.56 Å². The molecule has 5 nitrogen and oxygen atoms in total. The van der Waals surface area contributed by atoms with E-state index in [2.05, 4.69) is 4.99 Å². The van der Waals surface area contributed by atoms with Crippen LogP contribution in [-0.2, 0) is 9.53 Å². The number of nitrogens with zero attached hydrogens (tertiary/aromatic N) is 1. The second kappa shape index (κ2) is 8.14. The highest BCUT2D eigenvalue weighted by Gasteiger charge is 2.33. The fourth-order valence-corrected chi connectivity index (χ4v) is 3.51. The fraction of sp³-hybridized carbons (Fsp3) is 0.143. The van der Waals surface area contributed by atoms with E-state index in [9.17, 15) is 15.0 Å². The summed E-state index contributed by atoms with van der Waals surface area (Å²) in [6.45, 7) is 3.87. The Hall–Kier alpha value is -2.99. The lowest BCUT2D eigenvalue weighted by atomic mass is 10.1. The van der Waals surface area contributed by atoms with Crippen molar-refractivity contribution in [2.24, 2.45) is 4.99 Å². The third kappa shape index (κ3) is 4.23. The summed E-state index contributed by atoms with van der Waals surface area (Å²) in [5.41, 5.74) is 2.33. The van der Waals surface area contributed by atoms with Crippen LogP contribution in [0.25, 0.3) is 6.08 Å². The first kappa shape index (κ1) is 18.8. The lowest BCUT2D eigenvalue weighted by molar-refractivity contribution is -0.138. The van der Waals surface area contributed by atoms with E-state index in [1.165, 1.54) is 0 Å². The fourth-order valence-electron chi connectivity index (χ4n) is 2.48. The number of hydrogen-bond acceptors (Lipinski definition) is 6. The smallest absolute Gasteiger partial charge is 0.344 e. The van der Waals surface area contributed by atoms with Crippen LogP contribution in [0, 0.1) is 6.92 Å². The van der Waals surface area contributed by atoms with Crippen molar-refractivity contribution in [1.82, 2.24) is 0 Å². The molecule has 0 aromatic heterocycles. The summed E-state index contributed by atoms with van der Waals surface area (Å²) in [5.74, 6) is -0.749. The molecule has 6 heteroatoms. The number of phenols is 1. The number of hydrogen-bond donors (Lipinski definition) is 2. The van der Waals surface area contributed by atoms with Gasteiger partial charge in [-0.1, -0.05) is 47.7 Å². The first-order valence-electron chi connectivity index (χ1n) is 8.43. The minimum atomic E-state index is -0.631. The summed E-state index contributed by atoms with van der Waals surface area (Å²) in [7, 11) is 0. The summed E-state index contributed by atoms with van der Waals surface area (Å²) in [6.07, 6.45) is 1.62. The predicted molar refractivity (Wildman–Crippen MR) is 108 cm³/mol. The van der Waals surface area contributed by atoms with E-state index in [0.717, 1.165) is 17.3 Å². The van der Waals surface area contributed by atoms with Crippen molar-refractivity contribution in [1.29, 1.82) is 0 Å². The molecule has 0 atom stereocenters. The Labute approximate surface area is 161 Å². The average molecular weight is 381 g/mol. The molecule has 0 spiro atoms. The van der Waals surface area contributed by atoms with Gasteiger partial charge in [0.1, 0.15) is 22.1 Å². The van der Waals surface area contributed by atoms with Crippen LogP contribution in [0.15, 0.2) is 69.8 Å². The van der Waals surface area contributed by atoms with Crippen molar-refractivity contribution >= 4 is 34.5 Å². The molecule has 0 bridgehead atoms. The molecule has 0 aliphatic carbocycles. The van der Waals surface area contributed by atoms with Gasteiger partial charge >= 0.3 is 5.97 Å². The Morgan fingerprint density at radius 1 is 1.15 bits per heavy atom. The summed E-state index contributed by atoms with van der Waals surface area (Å²) >= 11 is 1.16. The van der Waals surface area contributed by atoms with E-state index in [0.29, 0.717) is 21.2 Å². The van der Waals surface area contributed by atoms with Crippen molar-refractivity contribution in [3.05, 3.63) is 75.9 Å². The number of para-hydroxylation sites is 1. The molecule has 3 rings (SSSR count). The lowest BCUT2D eigenvalue weighted by Crippen LogP contribution is -2.12. The molecule has 0 fully saturated rings. The molecule has 2 aromatic rings. The minimum Gasteiger partial charge on any atom is -0.507 e. The Kier molecular flexibility index (Phi) is 5.66. The minimum absolute atomic E-state index is 0.0316. The average Bonchev–Trinajstić information content (AvgIpc) is 2.94. The largest absolute Gasteiger partial charge is 0.507 e. The number of carbonyl (C=O) groups excluding carboxylic acids is 1. The second-order valence-electron chi connectivity index (χ2n) is 5.87. The van der Waals surface area contributed by atoms with Crippen LogP contribution in [0.2, 0.25) is 0 Å². The Morgan fingerprint density at radius 3 is 2.52 bits per heavy atom. The molecule has 2 aromatic carbocycles. The van der Waals surface area contributed by atoms with Gasteiger partial charge in [0.15, 0.2) is 0 Å². The summed E-state index contributed by atoms with van der Waals surface area (Å²) in [6, 6.07) is 14.3. The second-order valence-corrected chi connectivity index (χ2v) is 6.90. The maximum absolute atomic E-state index is 12.4. The van der Waals surface area contributed by atoms with Crippen molar-refractivity contribution in [3.63, 3.8) is 0 Å². The number of thioether (sulfide) groups is 1. The van der Waals surface area contributed by atoms with Gasteiger partial charge in [0.05, 0.1) is 17.2 Å². The number of aliphatic hydroxyl groups is 1. The van der Waals surface area contributed by atoms with E-state index in [-0.39, 0.29) is 23.7 Å². The van der Waals surface area contributed by atoms with Gasteiger partial charge in [-0.3, -0.25) is 0 Å². The van der Waals surface area contributed by atoms with E-state index in [1.807, 2.05) is 31.2 Å². The number of aromatic hydroxyl groups is 1. The predicted octanol–water partition coefficient (Wildman–Crippen LogP) is 4.89. The van der Waals surface area contributed by atoms with Gasteiger partial charge in [0.25, 0.3) is 0 Å². The van der Waals surface area contributed by atoms with Gasteiger partial charge < -0.3 is 14.9 Å². The Bertz CT molecular complexity index is 958. The van der Waals surface area contributed by atoms with Crippen LogP contribution >= 0.6 is 11.8 Å². The first-order chi connectivity index (χ1) is 13.0. The molecule has 0 radical (unpaired) electrons. The van der Waals surface area contributed by atoms with Gasteiger partial charge in [-0.15, -0.1) is 0 Å². The third-order valence-electron chi connectivity index (χ3n) is 3.86. The van der Waals surface area contributed by atoms with E-state index < -0.39 is 5.97 Å². The molecule has 0 amide bonds. The van der Waals surface area contributed by atoms with Gasteiger partial charge in [-0.25, -0.2) is 9.79 Å². The van der Waals surface area contributed by atoms with Crippen LogP contribution in [0.5, 0.6) is 5.75 Å². The molecule has 0 unspecified atom stereocenters. The van der Waals surface area contributed by atoms with Crippen molar-refractivity contribution < 1.29 is 19.7 Å². The Balaban J connectivity index is 2.05. The van der Waals surface area contributed by atoms with Crippen LogP contribution in [-0.4, -0.2) is 27.8 Å². The standard InChI is InChI=1S/C21H19NO4S/c1-3-26-21(25)18-19(24)17(12-14-6-4-5-7-16(14)23)27-20(18)22-15-10-8-13(2)9-11-15/h4-12,23-24H,3H2,1-2H3. The number of aryl methyl sites for hydroxylation is 1. The number of benzene rings is 2. The topological polar surface area (TPSA) is 79.1 Å². The first-order valence-corrected chi connectivity index (χ1v) is 9.25. The number of ether oxygens (including phenoxy) is 1. The molecule has 1 heterocycles. The van der Waals surface area contributed by atoms with Gasteiger partial charge in [0.2, 0.25) is 0 Å². The highest BCUT2D eigenvalue weighted by molar-refractivity contribution is 8.18. The molecule has 0 saturated heterocycles. The molecule has 27 heavy (non-hydrogen) atoms. The molecule has 0 saturated carbocycles. The zero-order valence-electron chi connectivity index (χ0n) is 15.0. The number of carbonyl (C=O) groups is 1. The van der Waals surface area contributed by atoms with Gasteiger partial charge in [-0.05, 0) is 38.1 Å². The maximum Gasteiger partial charge on any atom is 0.344 e. The van der Waals surface area contributed by atoms with Crippen molar-refractivity contribution in [2.75, 3.05) is 6.61 Å². The summed E-state index contributed by atoms with van der Waals surface area (Å²) < 4.78 is 5.08. The van der Waals surface area contributed by atoms with Gasteiger partial charge in [-0.2, -0.15) is 0 Å². The number of rotatable bonds is 4. The summed E-state index contributed by atoms with van der Waals surface area (Å²) in [5, 5.41) is 20.9. The highest BCUT2D eigenvalue weighted by Crippen LogP contribution is 2.41. The zero-order chi connectivity index (χ0) is 19.4. The molecule has 1 aliphatic rings. The Morgan fingerprint density at radius 2 is 1.85 bits per heavy atom. The third-order valence-corrected chi connectivity index (χ3v) is 4.88. The van der Waals surface area contributed by atoms with Crippen molar-refractivity contribution in [2.45, 2.75) is 13.8 Å². The van der Waals surface area contributed by atoms with E-state index in [1.54, 1.807) is 37.3 Å². The number of phenolic OH excluding ortho intramolecular Hbond substituents is 1. The van der Waals surface area contributed by atoms with Crippen LogP contribution in [0.3, 0.4) is 0 Å². The molecule has 2 N–H and O–H groups in total. The quantitative estimate of drug-likeness (QED) is 0.737. The van der Waals surface area contributed by atoms with Crippen LogP contribution in [0.1, 0.15) is 18.1 Å². The van der Waals surface area contributed by atoms with E-state index in [4.69, 9.17) is 4.74 Å². The molecule has 138 valence electrons. The monoisotopic (exact) mass is 381 g/mol. The summed E-state index contributed by atoms with van der Waals surface area (Å²) in [4.78, 5) is 17.3. The number of esters is 1. The zero-order valence-corrected chi connectivity index (χ0v) is 15.8. The normalized spacial score (nSPS) is 17.0. The number of aliphatic hydroxyl groups excluding tert-OH is 1. The van der Waals surface area contributed by atoms with Crippen molar-refractivity contribution in [3.8, 4) is 5.75 Å². The van der Waals surface area contributed by atoms with E-state index >= 15 is 0 Å². The molecular formula is C21H19NO4S. The maximum atomic E-state index is 12.4. The van der Waals surface area contributed by atoms with Crippen LogP contribution in [0.4, 0.5) is 5.69 Å². The SMILES string of the molecule is CCOC(=O)C1=C(O)C(=Cc2ccccc2O)SC1=Nc1ccc(C)cc1.